The number of esters is 1. The molecule has 4 rings (SSSR count). The lowest BCUT2D eigenvalue weighted by Crippen LogP contribution is -2.33. The second-order valence-corrected chi connectivity index (χ2v) is 12.7. The number of amides is 3. The molecular formula is C27H21Cl4N3O7S2. The van der Waals surface area contributed by atoms with Crippen LogP contribution in [0.1, 0.15) is 48.4 Å². The maximum absolute atomic E-state index is 13.1. The van der Waals surface area contributed by atoms with E-state index in [0.29, 0.717) is 29.4 Å². The van der Waals surface area contributed by atoms with Crippen LogP contribution in [0.15, 0.2) is 29.2 Å². The van der Waals surface area contributed by atoms with E-state index >= 15 is 0 Å². The van der Waals surface area contributed by atoms with Gasteiger partial charge in [-0.3, -0.25) is 14.4 Å². The molecule has 0 aliphatic carbocycles. The number of thiophene rings is 1. The number of fused-ring (bicyclic) bond motifs is 1. The fraction of sp³-hybridized carbons (Fsp3) is 0.222. The zero-order chi connectivity index (χ0) is 31.6. The Morgan fingerprint density at radius 1 is 1.00 bits per heavy atom. The van der Waals surface area contributed by atoms with Crippen LogP contribution < -0.4 is 10.6 Å². The molecule has 2 aromatic carbocycles. The fourth-order valence-corrected chi connectivity index (χ4v) is 7.33. The number of nitrogens with zero attached hydrogens (tertiary/aromatic N) is 1. The number of anilines is 2. The van der Waals surface area contributed by atoms with E-state index in [2.05, 4.69) is 10.6 Å². The van der Waals surface area contributed by atoms with Crippen LogP contribution in [0.4, 0.5) is 10.7 Å². The number of carbonyl (C=O) groups is 5. The van der Waals surface area contributed by atoms with E-state index in [1.807, 2.05) is 0 Å². The molecule has 43 heavy (non-hydrogen) atoms. The lowest BCUT2D eigenvalue weighted by molar-refractivity contribution is -0.129. The molecule has 0 unspecified atom stereocenters. The van der Waals surface area contributed by atoms with E-state index in [9.17, 15) is 29.1 Å². The maximum Gasteiger partial charge on any atom is 0.341 e. The van der Waals surface area contributed by atoms with Gasteiger partial charge in [0.1, 0.15) is 5.00 Å². The molecule has 1 aromatic heterocycles. The molecule has 10 nitrogen and oxygen atoms in total. The molecule has 3 N–H and O–H groups in total. The Labute approximate surface area is 273 Å². The zero-order valence-corrected chi connectivity index (χ0v) is 27.0. The number of aromatic carboxylic acids is 1. The predicted molar refractivity (Wildman–Crippen MR) is 168 cm³/mol. The fourth-order valence-electron chi connectivity index (χ4n) is 4.29. The van der Waals surface area contributed by atoms with Gasteiger partial charge < -0.3 is 25.4 Å². The number of benzene rings is 2. The average molecular weight is 705 g/mol. The molecule has 0 saturated heterocycles. The van der Waals surface area contributed by atoms with Gasteiger partial charge in [-0.25, -0.2) is 9.59 Å². The van der Waals surface area contributed by atoms with E-state index in [0.717, 1.165) is 22.2 Å². The lowest BCUT2D eigenvalue weighted by atomic mass is 10.0. The maximum atomic E-state index is 13.1. The first-order valence-electron chi connectivity index (χ1n) is 12.3. The Morgan fingerprint density at radius 3 is 2.30 bits per heavy atom. The third-order valence-electron chi connectivity index (χ3n) is 6.31. The molecule has 0 radical (unpaired) electrons. The summed E-state index contributed by atoms with van der Waals surface area (Å²) < 4.78 is 4.94. The number of carboxylic acid groups (broad SMARTS) is 1. The Hall–Kier alpha value is -3.00. The third kappa shape index (κ3) is 7.05. The van der Waals surface area contributed by atoms with Gasteiger partial charge in [0.05, 0.1) is 56.2 Å². The van der Waals surface area contributed by atoms with Crippen molar-refractivity contribution in [1.29, 1.82) is 0 Å². The van der Waals surface area contributed by atoms with Gasteiger partial charge in [0.15, 0.2) is 0 Å². The minimum atomic E-state index is -1.52. The topological polar surface area (TPSA) is 142 Å². The molecule has 1 aliphatic rings. The number of rotatable bonds is 8. The van der Waals surface area contributed by atoms with Crippen LogP contribution in [0.25, 0.3) is 0 Å². The number of nitrogens with one attached hydrogen (secondary N) is 2. The summed E-state index contributed by atoms with van der Waals surface area (Å²) in [5.41, 5.74) is 0.262. The number of carbonyl (C=O) groups excluding carboxylic acids is 4. The standard InChI is InChI=1S/C27H21Cl4N3O7S2/c1-11(35)34-7-6-14-15(9-34)43-25(17(14)27(40)41-2)33-16(36)10-42-13-5-3-4-12(8-13)32-24(37)18-19(26(38)39)21(29)23(31)22(30)20(18)28/h3-5,8H,6-7,9-10H2,1-2H3,(H,32,37)(H,33,36)(H,38,39). The Kier molecular flexibility index (Phi) is 10.5. The summed E-state index contributed by atoms with van der Waals surface area (Å²) in [5.74, 6) is -3.50. The Bertz CT molecular complexity index is 1680. The average Bonchev–Trinajstić information content (AvgIpc) is 3.33. The molecule has 3 amide bonds. The van der Waals surface area contributed by atoms with Gasteiger partial charge in [0.2, 0.25) is 11.8 Å². The van der Waals surface area contributed by atoms with E-state index < -0.39 is 39.9 Å². The molecule has 226 valence electrons. The smallest absolute Gasteiger partial charge is 0.341 e. The van der Waals surface area contributed by atoms with Gasteiger partial charge in [-0.15, -0.1) is 23.1 Å². The van der Waals surface area contributed by atoms with E-state index in [-0.39, 0.29) is 38.0 Å². The normalized spacial score (nSPS) is 12.4. The van der Waals surface area contributed by atoms with E-state index in [1.54, 1.807) is 29.2 Å². The van der Waals surface area contributed by atoms with Crippen molar-refractivity contribution in [2.75, 3.05) is 30.0 Å². The Morgan fingerprint density at radius 2 is 1.67 bits per heavy atom. The number of halogens is 4. The first-order chi connectivity index (χ1) is 20.3. The van der Waals surface area contributed by atoms with Crippen molar-refractivity contribution in [2.45, 2.75) is 24.8 Å². The van der Waals surface area contributed by atoms with Crippen LogP contribution in [0.5, 0.6) is 0 Å². The van der Waals surface area contributed by atoms with Gasteiger partial charge in [-0.2, -0.15) is 0 Å². The molecule has 0 spiro atoms. The number of hydrogen-bond acceptors (Lipinski definition) is 8. The van der Waals surface area contributed by atoms with Gasteiger partial charge in [-0.05, 0) is 30.2 Å². The van der Waals surface area contributed by atoms with Crippen LogP contribution in [-0.4, -0.2) is 59.1 Å². The SMILES string of the molecule is COC(=O)c1c(NC(=O)CSc2cccc(NC(=O)c3c(Cl)c(Cl)c(Cl)c(Cl)c3C(=O)O)c2)sc2c1CCN(C(C)=O)C2. The number of hydrogen-bond donors (Lipinski definition) is 3. The van der Waals surface area contributed by atoms with Crippen molar-refractivity contribution < 1.29 is 33.8 Å². The summed E-state index contributed by atoms with van der Waals surface area (Å²) in [6.45, 7) is 2.28. The monoisotopic (exact) mass is 703 g/mol. The van der Waals surface area contributed by atoms with Gasteiger partial charge in [0.25, 0.3) is 5.91 Å². The highest BCUT2D eigenvalue weighted by atomic mass is 35.5. The van der Waals surface area contributed by atoms with Gasteiger partial charge in [0, 0.05) is 28.9 Å². The van der Waals surface area contributed by atoms with Crippen LogP contribution in [0, 0.1) is 0 Å². The number of methoxy groups -OCH3 is 1. The molecule has 1 aliphatic heterocycles. The van der Waals surface area contributed by atoms with Crippen LogP contribution in [-0.2, 0) is 27.3 Å². The van der Waals surface area contributed by atoms with Crippen LogP contribution >= 0.6 is 69.5 Å². The minimum absolute atomic E-state index is 0.0441. The minimum Gasteiger partial charge on any atom is -0.478 e. The summed E-state index contributed by atoms with van der Waals surface area (Å²) in [6, 6.07) is 6.46. The highest BCUT2D eigenvalue weighted by molar-refractivity contribution is 8.00. The first-order valence-corrected chi connectivity index (χ1v) is 15.6. The second kappa shape index (κ2) is 13.7. The summed E-state index contributed by atoms with van der Waals surface area (Å²) in [5, 5.41) is 13.9. The van der Waals surface area contributed by atoms with Crippen molar-refractivity contribution in [3.63, 3.8) is 0 Å². The summed E-state index contributed by atoms with van der Waals surface area (Å²) in [7, 11) is 1.26. The van der Waals surface area contributed by atoms with E-state index in [1.165, 1.54) is 25.4 Å². The van der Waals surface area contributed by atoms with Gasteiger partial charge >= 0.3 is 11.9 Å². The molecule has 0 bridgehead atoms. The molecule has 16 heteroatoms. The quantitative estimate of drug-likeness (QED) is 0.101. The summed E-state index contributed by atoms with van der Waals surface area (Å²) >= 11 is 26.6. The molecule has 2 heterocycles. The number of carboxylic acids is 1. The van der Waals surface area contributed by atoms with Gasteiger partial charge in [-0.1, -0.05) is 52.5 Å². The first kappa shape index (κ1) is 32.9. The van der Waals surface area contributed by atoms with E-state index in [4.69, 9.17) is 51.1 Å². The van der Waals surface area contributed by atoms with Crippen LogP contribution in [0.2, 0.25) is 20.1 Å². The molecule has 0 fully saturated rings. The van der Waals surface area contributed by atoms with Crippen molar-refractivity contribution in [2.24, 2.45) is 0 Å². The summed E-state index contributed by atoms with van der Waals surface area (Å²) in [6.07, 6.45) is 0.465. The largest absolute Gasteiger partial charge is 0.478 e. The number of thioether (sulfide) groups is 1. The lowest BCUT2D eigenvalue weighted by Gasteiger charge is -2.25. The Balaban J connectivity index is 1.47. The molecule has 3 aromatic rings. The zero-order valence-electron chi connectivity index (χ0n) is 22.3. The van der Waals surface area contributed by atoms with Crippen LogP contribution in [0.3, 0.4) is 0 Å². The van der Waals surface area contributed by atoms with Crippen molar-refractivity contribution in [1.82, 2.24) is 4.90 Å². The van der Waals surface area contributed by atoms with Crippen molar-refractivity contribution >= 4 is 110 Å². The van der Waals surface area contributed by atoms with Crippen molar-refractivity contribution in [3.05, 3.63) is 71.5 Å². The molecule has 0 saturated carbocycles. The third-order valence-corrected chi connectivity index (χ3v) is 10.2. The molecular weight excluding hydrogens is 684 g/mol. The molecule has 0 atom stereocenters. The second-order valence-electron chi connectivity index (χ2n) is 9.02. The van der Waals surface area contributed by atoms with Crippen molar-refractivity contribution in [3.8, 4) is 0 Å². The predicted octanol–water partition coefficient (Wildman–Crippen LogP) is 6.73. The highest BCUT2D eigenvalue weighted by Gasteiger charge is 2.31. The summed E-state index contributed by atoms with van der Waals surface area (Å²) in [4.78, 5) is 65.2. The number of ether oxygens (including phenoxy) is 1. The highest BCUT2D eigenvalue weighted by Crippen LogP contribution is 2.42.